The van der Waals surface area contributed by atoms with Crippen molar-refractivity contribution in [2.75, 3.05) is 4.90 Å². The van der Waals surface area contributed by atoms with Crippen LogP contribution in [0.25, 0.3) is 6.08 Å². The van der Waals surface area contributed by atoms with E-state index in [0.717, 1.165) is 11.3 Å². The summed E-state index contributed by atoms with van der Waals surface area (Å²) >= 11 is 12.8. The van der Waals surface area contributed by atoms with Gasteiger partial charge < -0.3 is 4.90 Å². The summed E-state index contributed by atoms with van der Waals surface area (Å²) in [4.78, 5) is 45.7. The fourth-order valence-electron chi connectivity index (χ4n) is 6.79. The van der Waals surface area contributed by atoms with Gasteiger partial charge in [-0.2, -0.15) is 0 Å². The first-order valence-electron chi connectivity index (χ1n) is 12.7. The Morgan fingerprint density at radius 3 is 2.10 bits per heavy atom. The van der Waals surface area contributed by atoms with Crippen molar-refractivity contribution in [1.82, 2.24) is 0 Å². The predicted octanol–water partition coefficient (Wildman–Crippen LogP) is 7.31. The Labute approximate surface area is 235 Å². The summed E-state index contributed by atoms with van der Waals surface area (Å²) < 4.78 is 0. The normalized spacial score (nSPS) is 22.1. The number of hydrogen-bond donors (Lipinski definition) is 0. The van der Waals surface area contributed by atoms with E-state index in [-0.39, 0.29) is 17.3 Å². The second-order valence-electron chi connectivity index (χ2n) is 10.2. The van der Waals surface area contributed by atoms with Gasteiger partial charge in [0.25, 0.3) is 0 Å². The van der Waals surface area contributed by atoms with Crippen molar-refractivity contribution in [3.8, 4) is 0 Å². The SMILES string of the molecule is O=C(c1ccccc1)[C@H]1[C@H](c2cccc(Cl)c2)C2(C(=O)c3ccccc3C2=O)[C@H]2C=Cc3cc(Cl)ccc3N12. The third kappa shape index (κ3) is 3.28. The Bertz CT molecular complexity index is 1690. The van der Waals surface area contributed by atoms with E-state index in [9.17, 15) is 14.4 Å². The summed E-state index contributed by atoms with van der Waals surface area (Å²) in [6, 6.07) is 27.1. The lowest BCUT2D eigenvalue weighted by Crippen LogP contribution is -2.48. The molecular weight excluding hydrogens is 529 g/mol. The van der Waals surface area contributed by atoms with Crippen molar-refractivity contribution in [2.45, 2.75) is 18.0 Å². The van der Waals surface area contributed by atoms with Gasteiger partial charge in [0.1, 0.15) is 11.5 Å². The Morgan fingerprint density at radius 2 is 1.41 bits per heavy atom. The number of carbonyl (C=O) groups is 3. The molecule has 1 spiro atoms. The molecule has 2 aliphatic heterocycles. The van der Waals surface area contributed by atoms with E-state index < -0.39 is 23.4 Å². The van der Waals surface area contributed by atoms with Gasteiger partial charge in [-0.25, -0.2) is 0 Å². The highest BCUT2D eigenvalue weighted by Crippen LogP contribution is 2.61. The topological polar surface area (TPSA) is 54.5 Å². The monoisotopic (exact) mass is 549 g/mol. The molecule has 1 fully saturated rings. The molecule has 190 valence electrons. The zero-order valence-corrected chi connectivity index (χ0v) is 22.1. The van der Waals surface area contributed by atoms with Crippen molar-refractivity contribution < 1.29 is 14.4 Å². The number of halogens is 2. The van der Waals surface area contributed by atoms with E-state index in [0.29, 0.717) is 32.3 Å². The minimum atomic E-state index is -1.56. The van der Waals surface area contributed by atoms with Crippen molar-refractivity contribution in [3.05, 3.63) is 141 Å². The Morgan fingerprint density at radius 1 is 0.744 bits per heavy atom. The van der Waals surface area contributed by atoms with Gasteiger partial charge >= 0.3 is 0 Å². The molecule has 6 heteroatoms. The molecule has 0 radical (unpaired) electrons. The van der Waals surface area contributed by atoms with Crippen LogP contribution >= 0.6 is 23.2 Å². The van der Waals surface area contributed by atoms with Gasteiger partial charge in [-0.15, -0.1) is 0 Å². The molecule has 3 atom stereocenters. The summed E-state index contributed by atoms with van der Waals surface area (Å²) in [5, 5.41) is 1.03. The largest absolute Gasteiger partial charge is 0.352 e. The molecule has 3 aliphatic rings. The first-order chi connectivity index (χ1) is 18.9. The maximum atomic E-state index is 14.6. The summed E-state index contributed by atoms with van der Waals surface area (Å²) in [5.74, 6) is -1.51. The predicted molar refractivity (Wildman–Crippen MR) is 153 cm³/mol. The van der Waals surface area contributed by atoms with Gasteiger partial charge in [0.05, 0.1) is 6.04 Å². The average molecular weight is 550 g/mol. The zero-order chi connectivity index (χ0) is 26.9. The van der Waals surface area contributed by atoms with Gasteiger partial charge in [-0.05, 0) is 41.5 Å². The quantitative estimate of drug-likeness (QED) is 0.198. The van der Waals surface area contributed by atoms with Gasteiger partial charge in [-0.1, -0.05) is 102 Å². The molecule has 2 heterocycles. The number of anilines is 1. The van der Waals surface area contributed by atoms with Crippen molar-refractivity contribution >= 4 is 52.3 Å². The maximum Gasteiger partial charge on any atom is 0.185 e. The van der Waals surface area contributed by atoms with Crippen LogP contribution in [-0.2, 0) is 0 Å². The summed E-state index contributed by atoms with van der Waals surface area (Å²) in [6.07, 6.45) is 3.79. The van der Waals surface area contributed by atoms with Crippen LogP contribution in [-0.4, -0.2) is 29.4 Å². The molecule has 0 bridgehead atoms. The lowest BCUT2D eigenvalue weighted by atomic mass is 9.64. The minimum Gasteiger partial charge on any atom is -0.352 e. The summed E-state index contributed by atoms with van der Waals surface area (Å²) in [7, 11) is 0. The lowest BCUT2D eigenvalue weighted by Gasteiger charge is -2.37. The third-order valence-corrected chi connectivity index (χ3v) is 8.77. The van der Waals surface area contributed by atoms with Crippen molar-refractivity contribution in [3.63, 3.8) is 0 Å². The summed E-state index contributed by atoms with van der Waals surface area (Å²) in [6.45, 7) is 0. The fourth-order valence-corrected chi connectivity index (χ4v) is 7.17. The maximum absolute atomic E-state index is 14.6. The van der Waals surface area contributed by atoms with Crippen LogP contribution in [0.1, 0.15) is 48.1 Å². The molecule has 0 unspecified atom stereocenters. The highest BCUT2D eigenvalue weighted by molar-refractivity contribution is 6.33. The van der Waals surface area contributed by atoms with Gasteiger partial charge in [0.2, 0.25) is 0 Å². The van der Waals surface area contributed by atoms with E-state index in [1.807, 2.05) is 53.5 Å². The number of ketones is 3. The first kappa shape index (κ1) is 24.1. The molecule has 0 aromatic heterocycles. The molecule has 1 saturated heterocycles. The molecule has 4 nitrogen and oxygen atoms in total. The Hall–Kier alpha value is -3.99. The second kappa shape index (κ2) is 8.77. The molecule has 0 saturated carbocycles. The van der Waals surface area contributed by atoms with E-state index in [4.69, 9.17) is 23.2 Å². The molecule has 4 aromatic rings. The molecule has 4 aromatic carbocycles. The van der Waals surface area contributed by atoms with Crippen LogP contribution in [0.5, 0.6) is 0 Å². The van der Waals surface area contributed by atoms with E-state index in [2.05, 4.69) is 0 Å². The zero-order valence-electron chi connectivity index (χ0n) is 20.6. The standard InChI is InChI=1S/C33H21Cl2NO3/c34-22-10-6-9-21(18-22)28-29(30(37)19-7-2-1-3-8-19)36-26-15-14-23(35)17-20(26)13-16-27(36)33(28)31(38)24-11-4-5-12-25(24)32(33)39/h1-18,27-29H/t27-,28+,29-/m1/s1. The molecule has 0 N–H and O–H groups in total. The first-order valence-corrected chi connectivity index (χ1v) is 13.5. The van der Waals surface area contributed by atoms with Crippen molar-refractivity contribution in [1.29, 1.82) is 0 Å². The fraction of sp³-hybridized carbons (Fsp3) is 0.121. The van der Waals surface area contributed by atoms with Crippen LogP contribution in [0.15, 0.2) is 103 Å². The smallest absolute Gasteiger partial charge is 0.185 e. The van der Waals surface area contributed by atoms with E-state index >= 15 is 0 Å². The molecule has 0 amide bonds. The highest BCUT2D eigenvalue weighted by atomic mass is 35.5. The third-order valence-electron chi connectivity index (χ3n) is 8.30. The second-order valence-corrected chi connectivity index (χ2v) is 11.1. The number of Topliss-reactive ketones (excluding diaryl/α,β-unsaturated/α-hetero) is 3. The van der Waals surface area contributed by atoms with Gasteiger partial charge in [-0.3, -0.25) is 14.4 Å². The number of benzene rings is 4. The van der Waals surface area contributed by atoms with Crippen LogP contribution < -0.4 is 4.90 Å². The number of hydrogen-bond acceptors (Lipinski definition) is 4. The number of fused-ring (bicyclic) bond motifs is 5. The molecule has 1 aliphatic carbocycles. The van der Waals surface area contributed by atoms with E-state index in [1.165, 1.54) is 0 Å². The van der Waals surface area contributed by atoms with Crippen LogP contribution in [0.3, 0.4) is 0 Å². The molecule has 7 rings (SSSR count). The molecular formula is C33H21Cl2NO3. The van der Waals surface area contributed by atoms with E-state index in [1.54, 1.807) is 60.7 Å². The van der Waals surface area contributed by atoms with Crippen LogP contribution in [0, 0.1) is 5.41 Å². The number of rotatable bonds is 3. The Kier molecular flexibility index (Phi) is 5.41. The Balaban J connectivity index is 1.56. The highest BCUT2D eigenvalue weighted by Gasteiger charge is 2.71. The van der Waals surface area contributed by atoms with Gasteiger partial charge in [0.15, 0.2) is 17.3 Å². The van der Waals surface area contributed by atoms with Gasteiger partial charge in [0, 0.05) is 38.3 Å². The summed E-state index contributed by atoms with van der Waals surface area (Å²) in [5.41, 5.74) is 1.96. The number of carbonyl (C=O) groups excluding carboxylic acids is 3. The number of nitrogens with zero attached hydrogens (tertiary/aromatic N) is 1. The van der Waals surface area contributed by atoms with Crippen LogP contribution in [0.4, 0.5) is 5.69 Å². The average Bonchev–Trinajstić information content (AvgIpc) is 3.39. The van der Waals surface area contributed by atoms with Crippen LogP contribution in [0.2, 0.25) is 10.0 Å². The molecule has 39 heavy (non-hydrogen) atoms. The lowest BCUT2D eigenvalue weighted by molar-refractivity contribution is 0.0666. The van der Waals surface area contributed by atoms with Crippen molar-refractivity contribution in [2.24, 2.45) is 5.41 Å². The minimum absolute atomic E-state index is 0.171.